The van der Waals surface area contributed by atoms with Crippen LogP contribution in [0.1, 0.15) is 40.0 Å². The molecule has 0 saturated carbocycles. The highest BCUT2D eigenvalue weighted by Gasteiger charge is 2.29. The monoisotopic (exact) mass is 283 g/mol. The van der Waals surface area contributed by atoms with Crippen LogP contribution in [-0.2, 0) is 4.74 Å². The Balaban J connectivity index is 1.75. The third-order valence-corrected chi connectivity index (χ3v) is 4.96. The Hall–Kier alpha value is -0.160. The van der Waals surface area contributed by atoms with Gasteiger partial charge >= 0.3 is 0 Å². The Kier molecular flexibility index (Phi) is 6.27. The number of ether oxygens (including phenoxy) is 1. The number of nitrogens with one attached hydrogen (secondary N) is 1. The van der Waals surface area contributed by atoms with Gasteiger partial charge in [0.25, 0.3) is 0 Å². The van der Waals surface area contributed by atoms with E-state index in [9.17, 15) is 0 Å². The lowest BCUT2D eigenvalue weighted by Crippen LogP contribution is -2.55. The average Bonchev–Trinajstić information content (AvgIpc) is 2.71. The number of hydrogen-bond donors (Lipinski definition) is 1. The standard InChI is InChI=1S/C16H33N3O/c1-4-18-8-5-6-15(7-9-18)17-14-16(2,3)19-10-12-20-13-11-19/h15,17H,4-14H2,1-3H3. The normalized spacial score (nSPS) is 27.4. The summed E-state index contributed by atoms with van der Waals surface area (Å²) >= 11 is 0. The van der Waals surface area contributed by atoms with Gasteiger partial charge in [0.15, 0.2) is 0 Å². The van der Waals surface area contributed by atoms with Gasteiger partial charge in [0.05, 0.1) is 13.2 Å². The van der Waals surface area contributed by atoms with Crippen molar-refractivity contribution in [3.8, 4) is 0 Å². The molecular weight excluding hydrogens is 250 g/mol. The third kappa shape index (κ3) is 4.69. The van der Waals surface area contributed by atoms with Gasteiger partial charge in [0, 0.05) is 31.2 Å². The first-order chi connectivity index (χ1) is 9.62. The predicted octanol–water partition coefficient (Wildman–Crippen LogP) is 1.56. The lowest BCUT2D eigenvalue weighted by atomic mass is 10.0. The Bertz CT molecular complexity index is 277. The van der Waals surface area contributed by atoms with E-state index in [-0.39, 0.29) is 5.54 Å². The molecule has 2 heterocycles. The lowest BCUT2D eigenvalue weighted by molar-refractivity contribution is -0.0104. The average molecular weight is 283 g/mol. The quantitative estimate of drug-likeness (QED) is 0.829. The molecule has 2 fully saturated rings. The molecule has 0 amide bonds. The van der Waals surface area contributed by atoms with Gasteiger partial charge in [-0.3, -0.25) is 4.90 Å². The molecule has 2 saturated heterocycles. The van der Waals surface area contributed by atoms with Crippen LogP contribution in [-0.4, -0.2) is 73.9 Å². The van der Waals surface area contributed by atoms with E-state index in [2.05, 4.69) is 35.9 Å². The number of rotatable bonds is 5. The third-order valence-electron chi connectivity index (χ3n) is 4.96. The summed E-state index contributed by atoms with van der Waals surface area (Å²) in [6.45, 7) is 15.7. The maximum Gasteiger partial charge on any atom is 0.0594 e. The Morgan fingerprint density at radius 3 is 2.55 bits per heavy atom. The van der Waals surface area contributed by atoms with E-state index in [4.69, 9.17) is 4.74 Å². The molecule has 0 bridgehead atoms. The SMILES string of the molecule is CCN1CCCC(NCC(C)(C)N2CCOCC2)CC1. The zero-order chi connectivity index (χ0) is 14.4. The van der Waals surface area contributed by atoms with Crippen molar-refractivity contribution in [1.29, 1.82) is 0 Å². The summed E-state index contributed by atoms with van der Waals surface area (Å²) < 4.78 is 5.46. The molecule has 0 aliphatic carbocycles. The van der Waals surface area contributed by atoms with Crippen molar-refractivity contribution in [1.82, 2.24) is 15.1 Å². The van der Waals surface area contributed by atoms with Crippen molar-refractivity contribution < 1.29 is 4.74 Å². The number of hydrogen-bond acceptors (Lipinski definition) is 4. The van der Waals surface area contributed by atoms with Crippen molar-refractivity contribution in [3.63, 3.8) is 0 Å². The molecule has 1 N–H and O–H groups in total. The van der Waals surface area contributed by atoms with E-state index < -0.39 is 0 Å². The summed E-state index contributed by atoms with van der Waals surface area (Å²) in [5.74, 6) is 0. The molecule has 118 valence electrons. The van der Waals surface area contributed by atoms with Crippen molar-refractivity contribution in [2.45, 2.75) is 51.6 Å². The van der Waals surface area contributed by atoms with Gasteiger partial charge in [-0.1, -0.05) is 6.92 Å². The number of morpholine rings is 1. The van der Waals surface area contributed by atoms with Gasteiger partial charge in [-0.15, -0.1) is 0 Å². The van der Waals surface area contributed by atoms with E-state index in [1.807, 2.05) is 0 Å². The molecule has 0 aromatic heterocycles. The highest BCUT2D eigenvalue weighted by molar-refractivity contribution is 4.87. The highest BCUT2D eigenvalue weighted by atomic mass is 16.5. The molecule has 0 spiro atoms. The van der Waals surface area contributed by atoms with Crippen LogP contribution >= 0.6 is 0 Å². The maximum atomic E-state index is 5.46. The molecule has 2 aliphatic heterocycles. The van der Waals surface area contributed by atoms with Crippen LogP contribution in [0.2, 0.25) is 0 Å². The van der Waals surface area contributed by atoms with Crippen LogP contribution in [0, 0.1) is 0 Å². The van der Waals surface area contributed by atoms with Gasteiger partial charge in [0.2, 0.25) is 0 Å². The zero-order valence-electron chi connectivity index (χ0n) is 13.7. The summed E-state index contributed by atoms with van der Waals surface area (Å²) in [5.41, 5.74) is 0.237. The molecule has 1 atom stereocenters. The minimum Gasteiger partial charge on any atom is -0.379 e. The Morgan fingerprint density at radius 2 is 1.85 bits per heavy atom. The Labute approximate surface area is 124 Å². The summed E-state index contributed by atoms with van der Waals surface area (Å²) in [7, 11) is 0. The predicted molar refractivity (Wildman–Crippen MR) is 84.2 cm³/mol. The van der Waals surface area contributed by atoms with Crippen molar-refractivity contribution in [2.75, 3.05) is 52.5 Å². The molecular formula is C16H33N3O. The minimum atomic E-state index is 0.237. The van der Waals surface area contributed by atoms with E-state index in [0.29, 0.717) is 6.04 Å². The number of likely N-dealkylation sites (tertiary alicyclic amines) is 1. The van der Waals surface area contributed by atoms with Gasteiger partial charge in [-0.05, 0) is 52.7 Å². The molecule has 20 heavy (non-hydrogen) atoms. The smallest absolute Gasteiger partial charge is 0.0594 e. The first kappa shape index (κ1) is 16.2. The van der Waals surface area contributed by atoms with Gasteiger partial charge in [-0.25, -0.2) is 0 Å². The van der Waals surface area contributed by atoms with Gasteiger partial charge in [0.1, 0.15) is 0 Å². The topological polar surface area (TPSA) is 27.7 Å². The van der Waals surface area contributed by atoms with Crippen molar-refractivity contribution >= 4 is 0 Å². The Morgan fingerprint density at radius 1 is 1.10 bits per heavy atom. The summed E-state index contributed by atoms with van der Waals surface area (Å²) in [6, 6.07) is 0.701. The van der Waals surface area contributed by atoms with Gasteiger partial charge < -0.3 is 15.0 Å². The lowest BCUT2D eigenvalue weighted by Gasteiger charge is -2.41. The van der Waals surface area contributed by atoms with E-state index >= 15 is 0 Å². The fraction of sp³-hybridized carbons (Fsp3) is 1.00. The minimum absolute atomic E-state index is 0.237. The largest absolute Gasteiger partial charge is 0.379 e. The van der Waals surface area contributed by atoms with E-state index in [1.165, 1.54) is 38.9 Å². The van der Waals surface area contributed by atoms with Crippen molar-refractivity contribution in [2.24, 2.45) is 0 Å². The van der Waals surface area contributed by atoms with Crippen LogP contribution in [0.5, 0.6) is 0 Å². The number of nitrogens with zero attached hydrogens (tertiary/aromatic N) is 2. The second kappa shape index (κ2) is 7.74. The summed E-state index contributed by atoms with van der Waals surface area (Å²) in [4.78, 5) is 5.15. The first-order valence-electron chi connectivity index (χ1n) is 8.40. The molecule has 2 rings (SSSR count). The fourth-order valence-corrected chi connectivity index (χ4v) is 3.35. The van der Waals surface area contributed by atoms with E-state index in [1.54, 1.807) is 0 Å². The maximum absolute atomic E-state index is 5.46. The molecule has 0 aromatic rings. The van der Waals surface area contributed by atoms with Crippen LogP contribution in [0.3, 0.4) is 0 Å². The summed E-state index contributed by atoms with van der Waals surface area (Å²) in [6.07, 6.45) is 3.96. The first-order valence-corrected chi connectivity index (χ1v) is 8.40. The molecule has 1 unspecified atom stereocenters. The second-order valence-electron chi connectivity index (χ2n) is 6.85. The van der Waals surface area contributed by atoms with Crippen LogP contribution in [0.25, 0.3) is 0 Å². The zero-order valence-corrected chi connectivity index (χ0v) is 13.7. The van der Waals surface area contributed by atoms with Crippen LogP contribution in [0.4, 0.5) is 0 Å². The molecule has 4 nitrogen and oxygen atoms in total. The van der Waals surface area contributed by atoms with E-state index in [0.717, 1.165) is 32.8 Å². The molecule has 0 aromatic carbocycles. The van der Waals surface area contributed by atoms with Gasteiger partial charge in [-0.2, -0.15) is 0 Å². The molecule has 0 radical (unpaired) electrons. The second-order valence-corrected chi connectivity index (χ2v) is 6.85. The molecule has 4 heteroatoms. The fourth-order valence-electron chi connectivity index (χ4n) is 3.35. The van der Waals surface area contributed by atoms with Crippen molar-refractivity contribution in [3.05, 3.63) is 0 Å². The summed E-state index contributed by atoms with van der Waals surface area (Å²) in [5, 5.41) is 3.83. The molecule has 2 aliphatic rings. The highest BCUT2D eigenvalue weighted by Crippen LogP contribution is 2.17. The van der Waals surface area contributed by atoms with Crippen LogP contribution in [0.15, 0.2) is 0 Å². The van der Waals surface area contributed by atoms with Crippen LogP contribution < -0.4 is 5.32 Å².